The van der Waals surface area contributed by atoms with Crippen molar-refractivity contribution in [3.8, 4) is 0 Å². The molecule has 19 heavy (non-hydrogen) atoms. The third-order valence-corrected chi connectivity index (χ3v) is 2.68. The van der Waals surface area contributed by atoms with E-state index < -0.39 is 11.0 Å². The van der Waals surface area contributed by atoms with Gasteiger partial charge in [0.05, 0.1) is 0 Å². The highest BCUT2D eigenvalue weighted by atomic mass is 16.6. The predicted molar refractivity (Wildman–Crippen MR) is 79.6 cm³/mol. The second kappa shape index (κ2) is 5.87. The van der Waals surface area contributed by atoms with E-state index in [0.717, 1.165) is 5.56 Å². The van der Waals surface area contributed by atoms with Gasteiger partial charge in [-0.2, -0.15) is 0 Å². The Morgan fingerprint density at radius 2 is 1.74 bits per heavy atom. The molecule has 0 amide bonds. The smallest absolute Gasteiger partial charge is 0.320 e. The van der Waals surface area contributed by atoms with E-state index in [-0.39, 0.29) is 5.97 Å². The van der Waals surface area contributed by atoms with Crippen molar-refractivity contribution in [1.82, 2.24) is 0 Å². The monoisotopic (exact) mass is 258 g/mol. The Hall–Kier alpha value is -1.83. The summed E-state index contributed by atoms with van der Waals surface area (Å²) >= 11 is 0. The lowest BCUT2D eigenvalue weighted by atomic mass is 9.89. The molecule has 0 saturated carbocycles. The van der Waals surface area contributed by atoms with Crippen LogP contribution in [0.3, 0.4) is 0 Å². The lowest BCUT2D eigenvalue weighted by molar-refractivity contribution is -0.161. The lowest BCUT2D eigenvalue weighted by Gasteiger charge is -2.26. The van der Waals surface area contributed by atoms with Crippen LogP contribution in [0.1, 0.15) is 33.3 Å². The van der Waals surface area contributed by atoms with Gasteiger partial charge in [0, 0.05) is 0 Å². The highest BCUT2D eigenvalue weighted by molar-refractivity contribution is 5.82. The van der Waals surface area contributed by atoms with Gasteiger partial charge >= 0.3 is 5.97 Å². The maximum atomic E-state index is 12.2. The van der Waals surface area contributed by atoms with Gasteiger partial charge in [-0.15, -0.1) is 6.58 Å². The number of benzene rings is 1. The Labute approximate surface area is 115 Å². The van der Waals surface area contributed by atoms with E-state index in [4.69, 9.17) is 4.74 Å². The van der Waals surface area contributed by atoms with E-state index in [1.165, 1.54) is 0 Å². The van der Waals surface area contributed by atoms with Crippen molar-refractivity contribution in [3.63, 3.8) is 0 Å². The summed E-state index contributed by atoms with van der Waals surface area (Å²) in [4.78, 5) is 12.2. The summed E-state index contributed by atoms with van der Waals surface area (Å²) in [5.74, 6) is -0.290. The van der Waals surface area contributed by atoms with Crippen molar-refractivity contribution in [2.75, 3.05) is 0 Å². The van der Waals surface area contributed by atoms with E-state index >= 15 is 0 Å². The van der Waals surface area contributed by atoms with E-state index in [2.05, 4.69) is 6.58 Å². The van der Waals surface area contributed by atoms with Gasteiger partial charge in [0.2, 0.25) is 0 Å². The van der Waals surface area contributed by atoms with Gasteiger partial charge in [-0.25, -0.2) is 0 Å². The molecule has 0 saturated heterocycles. The second-order valence-electron chi connectivity index (χ2n) is 5.73. The molecule has 1 aromatic rings. The average Bonchev–Trinajstić information content (AvgIpc) is 2.35. The second-order valence-corrected chi connectivity index (χ2v) is 5.73. The molecule has 1 aromatic carbocycles. The van der Waals surface area contributed by atoms with Gasteiger partial charge in [-0.05, 0) is 33.3 Å². The molecular formula is C17H22O2. The average molecular weight is 258 g/mol. The molecule has 2 nitrogen and oxygen atoms in total. The molecule has 0 aromatic heterocycles. The van der Waals surface area contributed by atoms with E-state index in [1.54, 1.807) is 13.0 Å². The molecule has 0 aliphatic carbocycles. The zero-order valence-corrected chi connectivity index (χ0v) is 12.1. The first kappa shape index (κ1) is 15.2. The molecule has 0 fully saturated rings. The minimum atomic E-state index is -0.816. The fourth-order valence-corrected chi connectivity index (χ4v) is 1.44. The molecule has 0 spiro atoms. The summed E-state index contributed by atoms with van der Waals surface area (Å²) in [6, 6.07) is 9.83. The minimum Gasteiger partial charge on any atom is -0.459 e. The quantitative estimate of drug-likeness (QED) is 0.596. The van der Waals surface area contributed by atoms with Gasteiger partial charge in [0.1, 0.15) is 11.0 Å². The molecule has 0 aliphatic heterocycles. The van der Waals surface area contributed by atoms with Crippen LogP contribution in [0.5, 0.6) is 0 Å². The molecule has 2 heteroatoms. The highest BCUT2D eigenvalue weighted by Gasteiger charge is 2.31. The third kappa shape index (κ3) is 4.74. The van der Waals surface area contributed by atoms with E-state index in [0.29, 0.717) is 0 Å². The normalized spacial score (nSPS) is 14.9. The van der Waals surface area contributed by atoms with Crippen molar-refractivity contribution >= 4 is 12.0 Å². The van der Waals surface area contributed by atoms with Crippen LogP contribution in [0.4, 0.5) is 0 Å². The molecule has 0 radical (unpaired) electrons. The minimum absolute atomic E-state index is 0.290. The van der Waals surface area contributed by atoms with Crippen molar-refractivity contribution in [2.24, 2.45) is 5.41 Å². The molecule has 1 rings (SSSR count). The molecular weight excluding hydrogens is 236 g/mol. The van der Waals surface area contributed by atoms with Crippen LogP contribution >= 0.6 is 0 Å². The summed E-state index contributed by atoms with van der Waals surface area (Å²) in [5.41, 5.74) is -0.274. The Kier molecular flexibility index (Phi) is 4.71. The Morgan fingerprint density at radius 1 is 1.16 bits per heavy atom. The SMILES string of the molecule is C=C[C@](C)(/C=C/c1ccccc1)C(=O)OC(C)(C)C. The summed E-state index contributed by atoms with van der Waals surface area (Å²) in [6.07, 6.45) is 5.34. The number of carbonyl (C=O) groups is 1. The van der Waals surface area contributed by atoms with Crippen LogP contribution in [0.25, 0.3) is 6.08 Å². The third-order valence-electron chi connectivity index (χ3n) is 2.68. The first-order valence-electron chi connectivity index (χ1n) is 6.38. The molecule has 102 valence electrons. The number of ether oxygens (including phenoxy) is 1. The fraction of sp³-hybridized carbons (Fsp3) is 0.353. The number of esters is 1. The summed E-state index contributed by atoms with van der Waals surface area (Å²) in [7, 11) is 0. The summed E-state index contributed by atoms with van der Waals surface area (Å²) in [6.45, 7) is 11.1. The standard InChI is InChI=1S/C17H22O2/c1-6-17(5,15(18)19-16(2,3)4)13-12-14-10-8-7-9-11-14/h6-13H,1H2,2-5H3/b13-12+/t17-/m1/s1. The fourth-order valence-electron chi connectivity index (χ4n) is 1.44. The van der Waals surface area contributed by atoms with Gasteiger partial charge in [-0.3, -0.25) is 4.79 Å². The lowest BCUT2D eigenvalue weighted by Crippen LogP contribution is -2.33. The molecule has 0 unspecified atom stereocenters. The first-order valence-corrected chi connectivity index (χ1v) is 6.38. The molecule has 1 atom stereocenters. The number of carbonyl (C=O) groups excluding carboxylic acids is 1. The van der Waals surface area contributed by atoms with Crippen molar-refractivity contribution in [1.29, 1.82) is 0 Å². The number of hydrogen-bond donors (Lipinski definition) is 0. The summed E-state index contributed by atoms with van der Waals surface area (Å²) < 4.78 is 5.42. The zero-order chi connectivity index (χ0) is 14.5. The van der Waals surface area contributed by atoms with Crippen LogP contribution in [0.15, 0.2) is 49.1 Å². The topological polar surface area (TPSA) is 26.3 Å². The Balaban J connectivity index is 2.89. The zero-order valence-electron chi connectivity index (χ0n) is 12.1. The van der Waals surface area contributed by atoms with Gasteiger partial charge in [-0.1, -0.05) is 48.6 Å². The van der Waals surface area contributed by atoms with Crippen LogP contribution in [0.2, 0.25) is 0 Å². The molecule has 0 heterocycles. The maximum absolute atomic E-state index is 12.2. The van der Waals surface area contributed by atoms with Gasteiger partial charge in [0.25, 0.3) is 0 Å². The van der Waals surface area contributed by atoms with Crippen molar-refractivity contribution in [2.45, 2.75) is 33.3 Å². The Morgan fingerprint density at radius 3 is 2.21 bits per heavy atom. The van der Waals surface area contributed by atoms with Crippen LogP contribution < -0.4 is 0 Å². The molecule has 0 N–H and O–H groups in total. The predicted octanol–water partition coefficient (Wildman–Crippen LogP) is 4.23. The van der Waals surface area contributed by atoms with Gasteiger partial charge in [0.15, 0.2) is 0 Å². The highest BCUT2D eigenvalue weighted by Crippen LogP contribution is 2.26. The molecule has 0 bridgehead atoms. The first-order chi connectivity index (χ1) is 8.77. The van der Waals surface area contributed by atoms with Crippen LogP contribution in [-0.4, -0.2) is 11.6 Å². The van der Waals surface area contributed by atoms with Crippen molar-refractivity contribution in [3.05, 3.63) is 54.6 Å². The van der Waals surface area contributed by atoms with Gasteiger partial charge < -0.3 is 4.74 Å². The number of hydrogen-bond acceptors (Lipinski definition) is 2. The van der Waals surface area contributed by atoms with E-state index in [1.807, 2.05) is 63.3 Å². The molecule has 0 aliphatic rings. The van der Waals surface area contributed by atoms with E-state index in [9.17, 15) is 4.79 Å². The van der Waals surface area contributed by atoms with Crippen LogP contribution in [-0.2, 0) is 9.53 Å². The van der Waals surface area contributed by atoms with Crippen LogP contribution in [0, 0.1) is 5.41 Å². The summed E-state index contributed by atoms with van der Waals surface area (Å²) in [5, 5.41) is 0. The largest absolute Gasteiger partial charge is 0.459 e. The Bertz CT molecular complexity index is 466. The number of rotatable bonds is 4. The maximum Gasteiger partial charge on any atom is 0.320 e. The van der Waals surface area contributed by atoms with Crippen molar-refractivity contribution < 1.29 is 9.53 Å².